The van der Waals surface area contributed by atoms with Crippen LogP contribution in [0.1, 0.15) is 16.0 Å². The fraction of sp³-hybridized carbons (Fsp3) is 0.286. The van der Waals surface area contributed by atoms with Crippen LogP contribution in [-0.2, 0) is 23.0 Å². The number of nitrogens with two attached hydrogens (primary N) is 1. The molecule has 0 radical (unpaired) electrons. The maximum atomic E-state index is 12.3. The first-order chi connectivity index (χ1) is 9.92. The summed E-state index contributed by atoms with van der Waals surface area (Å²) in [6, 6.07) is 9.42. The molecule has 114 valence electrons. The summed E-state index contributed by atoms with van der Waals surface area (Å²) in [4.78, 5) is 1.10. The van der Waals surface area contributed by atoms with Crippen molar-refractivity contribution in [2.45, 2.75) is 24.8 Å². The molecule has 0 spiro atoms. The molecule has 0 amide bonds. The highest BCUT2D eigenvalue weighted by Crippen LogP contribution is 2.29. The lowest BCUT2D eigenvalue weighted by atomic mass is 10.1. The number of rotatable bonds is 6. The Bertz CT molecular complexity index is 709. The summed E-state index contributed by atoms with van der Waals surface area (Å²) >= 11 is 4.72. The summed E-state index contributed by atoms with van der Waals surface area (Å²) in [6.07, 6.45) is 0.828. The first kappa shape index (κ1) is 16.6. The number of benzene rings is 1. The maximum Gasteiger partial charge on any atom is 0.242 e. The average molecular weight is 389 g/mol. The second-order valence-corrected chi connectivity index (χ2v) is 9.02. The number of hydrogen-bond acceptors (Lipinski definition) is 4. The molecule has 7 heteroatoms. The lowest BCUT2D eigenvalue weighted by molar-refractivity contribution is 0.581. The number of thiophene rings is 1. The van der Waals surface area contributed by atoms with Crippen LogP contribution in [0.5, 0.6) is 0 Å². The number of aryl methyl sites for hydroxylation is 1. The molecule has 0 aliphatic rings. The molecule has 3 N–H and O–H groups in total. The van der Waals surface area contributed by atoms with Crippen molar-refractivity contribution in [3.05, 3.63) is 50.1 Å². The maximum absolute atomic E-state index is 12.3. The molecular weight excluding hydrogens is 372 g/mol. The Morgan fingerprint density at radius 1 is 1.24 bits per heavy atom. The lowest BCUT2D eigenvalue weighted by Gasteiger charge is -2.07. The summed E-state index contributed by atoms with van der Waals surface area (Å²) < 4.78 is 28.0. The fourth-order valence-electron chi connectivity index (χ4n) is 1.94. The first-order valence-corrected chi connectivity index (χ1v) is 9.55. The van der Waals surface area contributed by atoms with Crippen molar-refractivity contribution in [2.24, 2.45) is 5.73 Å². The van der Waals surface area contributed by atoms with E-state index in [0.717, 1.165) is 26.2 Å². The molecule has 0 unspecified atom stereocenters. The fourth-order valence-corrected chi connectivity index (χ4v) is 5.37. The van der Waals surface area contributed by atoms with E-state index in [-0.39, 0.29) is 6.54 Å². The number of nitrogens with one attached hydrogen (secondary N) is 1. The minimum Gasteiger partial charge on any atom is -0.330 e. The number of hydrogen-bond donors (Lipinski definition) is 2. The van der Waals surface area contributed by atoms with Crippen LogP contribution in [0.25, 0.3) is 0 Å². The smallest absolute Gasteiger partial charge is 0.242 e. The molecule has 0 saturated heterocycles. The van der Waals surface area contributed by atoms with Crippen LogP contribution >= 0.6 is 27.3 Å². The Kier molecular flexibility index (Phi) is 5.56. The van der Waals surface area contributed by atoms with Gasteiger partial charge in [0.2, 0.25) is 10.0 Å². The zero-order valence-electron chi connectivity index (χ0n) is 11.6. The Balaban J connectivity index is 2.06. The highest BCUT2D eigenvalue weighted by atomic mass is 79.9. The molecule has 21 heavy (non-hydrogen) atoms. The van der Waals surface area contributed by atoms with Crippen LogP contribution in [0.2, 0.25) is 0 Å². The van der Waals surface area contributed by atoms with Gasteiger partial charge < -0.3 is 5.73 Å². The third-order valence-electron chi connectivity index (χ3n) is 3.05. The molecule has 4 nitrogen and oxygen atoms in total. The van der Waals surface area contributed by atoms with Gasteiger partial charge in [-0.3, -0.25) is 0 Å². The SMILES string of the molecule is Cc1sc(Br)cc1S(=O)(=O)NCc1ccc(CCN)cc1. The standard InChI is InChI=1S/C14H17BrN2O2S2/c1-10-13(8-14(15)20-10)21(18,19)17-9-12-4-2-11(3-5-12)6-7-16/h2-5,8,17H,6-7,9,16H2,1H3. The van der Waals surface area contributed by atoms with Gasteiger partial charge in [-0.25, -0.2) is 13.1 Å². The number of halogens is 1. The first-order valence-electron chi connectivity index (χ1n) is 6.46. The molecule has 0 aliphatic carbocycles. The molecule has 0 aliphatic heterocycles. The van der Waals surface area contributed by atoms with E-state index in [2.05, 4.69) is 20.7 Å². The van der Waals surface area contributed by atoms with Crippen LogP contribution in [0.15, 0.2) is 39.0 Å². The van der Waals surface area contributed by atoms with Gasteiger partial charge >= 0.3 is 0 Å². The van der Waals surface area contributed by atoms with E-state index in [1.807, 2.05) is 24.3 Å². The van der Waals surface area contributed by atoms with E-state index in [1.54, 1.807) is 13.0 Å². The summed E-state index contributed by atoms with van der Waals surface area (Å²) in [5.41, 5.74) is 7.58. The van der Waals surface area contributed by atoms with Crippen LogP contribution in [-0.4, -0.2) is 15.0 Å². The molecule has 2 aromatic rings. The molecule has 0 saturated carbocycles. The van der Waals surface area contributed by atoms with E-state index in [4.69, 9.17) is 5.73 Å². The van der Waals surface area contributed by atoms with Gasteiger partial charge in [-0.1, -0.05) is 24.3 Å². The zero-order chi connectivity index (χ0) is 15.5. The van der Waals surface area contributed by atoms with E-state index in [1.165, 1.54) is 11.3 Å². The Hall–Kier alpha value is -0.730. The molecule has 0 bridgehead atoms. The van der Waals surface area contributed by atoms with Gasteiger partial charge in [0, 0.05) is 11.4 Å². The highest BCUT2D eigenvalue weighted by Gasteiger charge is 2.19. The van der Waals surface area contributed by atoms with Crippen molar-refractivity contribution < 1.29 is 8.42 Å². The Morgan fingerprint density at radius 3 is 2.38 bits per heavy atom. The minimum absolute atomic E-state index is 0.276. The molecule has 0 fully saturated rings. The van der Waals surface area contributed by atoms with Crippen molar-refractivity contribution in [2.75, 3.05) is 6.54 Å². The molecule has 1 aromatic heterocycles. The van der Waals surface area contributed by atoms with Gasteiger partial charge in [0.25, 0.3) is 0 Å². The van der Waals surface area contributed by atoms with Crippen LogP contribution < -0.4 is 10.5 Å². The predicted molar refractivity (Wildman–Crippen MR) is 90.0 cm³/mol. The van der Waals surface area contributed by atoms with E-state index in [0.29, 0.717) is 11.4 Å². The molecule has 1 heterocycles. The Morgan fingerprint density at radius 2 is 1.86 bits per heavy atom. The monoisotopic (exact) mass is 388 g/mol. The van der Waals surface area contributed by atoms with Crippen molar-refractivity contribution in [3.63, 3.8) is 0 Å². The predicted octanol–water partition coefficient (Wildman–Crippen LogP) is 2.80. The molecule has 2 rings (SSSR count). The van der Waals surface area contributed by atoms with Gasteiger partial charge in [0.05, 0.1) is 8.68 Å². The zero-order valence-corrected chi connectivity index (χ0v) is 14.8. The third-order valence-corrected chi connectivity index (χ3v) is 6.26. The van der Waals surface area contributed by atoms with Crippen LogP contribution in [0.4, 0.5) is 0 Å². The van der Waals surface area contributed by atoms with Gasteiger partial charge in [-0.2, -0.15) is 0 Å². The van der Waals surface area contributed by atoms with Crippen molar-refractivity contribution in [1.29, 1.82) is 0 Å². The van der Waals surface area contributed by atoms with Gasteiger partial charge in [-0.15, -0.1) is 11.3 Å². The number of sulfonamides is 1. The van der Waals surface area contributed by atoms with E-state index in [9.17, 15) is 8.42 Å². The summed E-state index contributed by atoms with van der Waals surface area (Å²) in [7, 11) is -3.48. The van der Waals surface area contributed by atoms with Crippen molar-refractivity contribution in [1.82, 2.24) is 4.72 Å². The normalized spacial score (nSPS) is 11.8. The van der Waals surface area contributed by atoms with Crippen molar-refractivity contribution >= 4 is 37.3 Å². The third kappa shape index (κ3) is 4.37. The Labute approximate surface area is 137 Å². The van der Waals surface area contributed by atoms with Crippen molar-refractivity contribution in [3.8, 4) is 0 Å². The summed E-state index contributed by atoms with van der Waals surface area (Å²) in [5.74, 6) is 0. The minimum atomic E-state index is -3.48. The van der Waals surface area contributed by atoms with Crippen LogP contribution in [0, 0.1) is 6.92 Å². The molecule has 0 atom stereocenters. The van der Waals surface area contributed by atoms with Crippen LogP contribution in [0.3, 0.4) is 0 Å². The summed E-state index contributed by atoms with van der Waals surface area (Å²) in [6.45, 7) is 2.68. The lowest BCUT2D eigenvalue weighted by Crippen LogP contribution is -2.23. The van der Waals surface area contributed by atoms with E-state index < -0.39 is 10.0 Å². The quantitative estimate of drug-likeness (QED) is 0.798. The molecule has 1 aromatic carbocycles. The topological polar surface area (TPSA) is 72.2 Å². The van der Waals surface area contributed by atoms with Gasteiger partial charge in [-0.05, 0) is 53.0 Å². The van der Waals surface area contributed by atoms with Gasteiger partial charge in [0.1, 0.15) is 0 Å². The average Bonchev–Trinajstić information content (AvgIpc) is 2.78. The largest absolute Gasteiger partial charge is 0.330 e. The second kappa shape index (κ2) is 7.02. The molecular formula is C14H17BrN2O2S2. The summed E-state index contributed by atoms with van der Waals surface area (Å²) in [5, 5.41) is 0. The second-order valence-electron chi connectivity index (χ2n) is 4.65. The highest BCUT2D eigenvalue weighted by molar-refractivity contribution is 9.11. The van der Waals surface area contributed by atoms with Gasteiger partial charge in [0.15, 0.2) is 0 Å². The van der Waals surface area contributed by atoms with E-state index >= 15 is 0 Å².